The van der Waals surface area contributed by atoms with Crippen LogP contribution < -0.4 is 5.32 Å². The van der Waals surface area contributed by atoms with E-state index in [0.717, 1.165) is 62.3 Å². The van der Waals surface area contributed by atoms with Crippen molar-refractivity contribution in [3.63, 3.8) is 0 Å². The summed E-state index contributed by atoms with van der Waals surface area (Å²) in [7, 11) is 0. The standard InChI is InChI=1S/C21H27N3O4S/c1-21(2)7-3-16-14(11-21)17(20(26)27)19(29-16)22-18(25)15-4-8-24(23-15)12-13-5-9-28-10-6-13/h4,8,13H,3,5-7,9-12H2,1-2H3,(H,22,25)(H,26,27). The van der Waals surface area contributed by atoms with E-state index in [0.29, 0.717) is 16.6 Å². The molecule has 1 amide bonds. The molecular weight excluding hydrogens is 390 g/mol. The third-order valence-electron chi connectivity index (χ3n) is 5.88. The monoisotopic (exact) mass is 417 g/mol. The summed E-state index contributed by atoms with van der Waals surface area (Å²) in [4.78, 5) is 25.7. The van der Waals surface area contributed by atoms with Crippen molar-refractivity contribution in [1.82, 2.24) is 9.78 Å². The number of nitrogens with one attached hydrogen (secondary N) is 1. The fourth-order valence-corrected chi connectivity index (χ4v) is 5.38. The number of carbonyl (C=O) groups is 2. The lowest BCUT2D eigenvalue weighted by atomic mass is 9.76. The molecule has 0 aromatic carbocycles. The normalized spacial score (nSPS) is 19.0. The Morgan fingerprint density at radius 1 is 1.38 bits per heavy atom. The van der Waals surface area contributed by atoms with Crippen LogP contribution in [0.3, 0.4) is 0 Å². The topological polar surface area (TPSA) is 93.5 Å². The van der Waals surface area contributed by atoms with Crippen LogP contribution in [0.25, 0.3) is 0 Å². The first-order valence-corrected chi connectivity index (χ1v) is 10.9. The minimum absolute atomic E-state index is 0.0719. The van der Waals surface area contributed by atoms with Crippen LogP contribution in [0.15, 0.2) is 12.3 Å². The number of ether oxygens (including phenoxy) is 1. The van der Waals surface area contributed by atoms with Crippen molar-refractivity contribution in [2.45, 2.75) is 52.5 Å². The zero-order chi connectivity index (χ0) is 20.6. The van der Waals surface area contributed by atoms with Crippen LogP contribution in [0.5, 0.6) is 0 Å². The number of hydrogen-bond donors (Lipinski definition) is 2. The van der Waals surface area contributed by atoms with Crippen molar-refractivity contribution in [3.8, 4) is 0 Å². The molecule has 156 valence electrons. The van der Waals surface area contributed by atoms with E-state index in [2.05, 4.69) is 24.3 Å². The highest BCUT2D eigenvalue weighted by molar-refractivity contribution is 7.17. The molecule has 0 saturated carbocycles. The van der Waals surface area contributed by atoms with Gasteiger partial charge in [0.1, 0.15) is 5.00 Å². The van der Waals surface area contributed by atoms with Gasteiger partial charge < -0.3 is 15.2 Å². The summed E-state index contributed by atoms with van der Waals surface area (Å²) in [6.07, 6.45) is 6.40. The quantitative estimate of drug-likeness (QED) is 0.771. The Kier molecular flexibility index (Phi) is 5.48. The number of carbonyl (C=O) groups excluding carboxylic acids is 1. The molecule has 3 heterocycles. The third kappa shape index (κ3) is 4.38. The largest absolute Gasteiger partial charge is 0.478 e. The van der Waals surface area contributed by atoms with Crippen LogP contribution in [0.4, 0.5) is 5.00 Å². The van der Waals surface area contributed by atoms with Crippen molar-refractivity contribution in [2.24, 2.45) is 11.3 Å². The molecule has 2 N–H and O–H groups in total. The average molecular weight is 418 g/mol. The van der Waals surface area contributed by atoms with E-state index in [4.69, 9.17) is 4.74 Å². The SMILES string of the molecule is CC1(C)CCc2sc(NC(=O)c3ccn(CC4CCOCC4)n3)c(C(=O)O)c2C1. The average Bonchev–Trinajstić information content (AvgIpc) is 3.26. The Morgan fingerprint density at radius 3 is 2.86 bits per heavy atom. The Morgan fingerprint density at radius 2 is 2.14 bits per heavy atom. The molecule has 8 heteroatoms. The molecule has 29 heavy (non-hydrogen) atoms. The summed E-state index contributed by atoms with van der Waals surface area (Å²) in [6, 6.07) is 1.69. The number of anilines is 1. The number of amides is 1. The van der Waals surface area contributed by atoms with E-state index in [1.165, 1.54) is 11.3 Å². The molecule has 2 aliphatic rings. The molecule has 4 rings (SSSR count). The first-order chi connectivity index (χ1) is 13.8. The maximum Gasteiger partial charge on any atom is 0.339 e. The zero-order valence-electron chi connectivity index (χ0n) is 16.9. The second kappa shape index (κ2) is 7.91. The fraction of sp³-hybridized carbons (Fsp3) is 0.571. The van der Waals surface area contributed by atoms with Gasteiger partial charge >= 0.3 is 5.97 Å². The van der Waals surface area contributed by atoms with E-state index >= 15 is 0 Å². The van der Waals surface area contributed by atoms with Crippen molar-refractivity contribution in [1.29, 1.82) is 0 Å². The van der Waals surface area contributed by atoms with E-state index in [1.54, 1.807) is 10.7 Å². The van der Waals surface area contributed by atoms with Gasteiger partial charge in [-0.2, -0.15) is 5.10 Å². The molecule has 1 aliphatic heterocycles. The number of hydrogen-bond acceptors (Lipinski definition) is 5. The van der Waals surface area contributed by atoms with E-state index in [-0.39, 0.29) is 16.9 Å². The van der Waals surface area contributed by atoms with E-state index in [9.17, 15) is 14.7 Å². The number of thiophene rings is 1. The van der Waals surface area contributed by atoms with Gasteiger partial charge in [0.25, 0.3) is 5.91 Å². The van der Waals surface area contributed by atoms with Crippen molar-refractivity contribution in [2.75, 3.05) is 18.5 Å². The highest BCUT2D eigenvalue weighted by atomic mass is 32.1. The van der Waals surface area contributed by atoms with Gasteiger partial charge in [-0.3, -0.25) is 9.48 Å². The number of aryl methyl sites for hydroxylation is 1. The summed E-state index contributed by atoms with van der Waals surface area (Å²) < 4.78 is 7.18. The summed E-state index contributed by atoms with van der Waals surface area (Å²) >= 11 is 1.39. The minimum Gasteiger partial charge on any atom is -0.478 e. The maximum atomic E-state index is 12.7. The molecule has 1 fully saturated rings. The fourth-order valence-electron chi connectivity index (χ4n) is 4.18. The number of aromatic nitrogens is 2. The lowest BCUT2D eigenvalue weighted by Crippen LogP contribution is -2.23. The number of fused-ring (bicyclic) bond motifs is 1. The summed E-state index contributed by atoms with van der Waals surface area (Å²) in [5.41, 5.74) is 1.50. The number of nitrogens with zero attached hydrogens (tertiary/aromatic N) is 2. The van der Waals surface area contributed by atoms with Crippen LogP contribution in [-0.2, 0) is 24.1 Å². The first kappa shape index (κ1) is 20.1. The highest BCUT2D eigenvalue weighted by Gasteiger charge is 2.33. The molecule has 0 unspecified atom stereocenters. The van der Waals surface area contributed by atoms with Crippen molar-refractivity contribution >= 4 is 28.2 Å². The molecule has 0 atom stereocenters. The lowest BCUT2D eigenvalue weighted by Gasteiger charge is -2.29. The van der Waals surface area contributed by atoms with Crippen LogP contribution in [-0.4, -0.2) is 40.0 Å². The third-order valence-corrected chi connectivity index (χ3v) is 7.08. The van der Waals surface area contributed by atoms with Gasteiger partial charge in [0, 0.05) is 30.8 Å². The van der Waals surface area contributed by atoms with Gasteiger partial charge in [-0.15, -0.1) is 11.3 Å². The van der Waals surface area contributed by atoms with Crippen LogP contribution >= 0.6 is 11.3 Å². The van der Waals surface area contributed by atoms with Crippen LogP contribution in [0, 0.1) is 11.3 Å². The van der Waals surface area contributed by atoms with Crippen LogP contribution in [0.2, 0.25) is 0 Å². The molecule has 7 nitrogen and oxygen atoms in total. The van der Waals surface area contributed by atoms with Crippen molar-refractivity contribution < 1.29 is 19.4 Å². The predicted molar refractivity (Wildman–Crippen MR) is 111 cm³/mol. The number of carboxylic acid groups (broad SMARTS) is 1. The molecule has 2 aromatic rings. The second-order valence-corrected chi connectivity index (χ2v) is 9.89. The van der Waals surface area contributed by atoms with Gasteiger partial charge in [-0.1, -0.05) is 13.8 Å². The van der Waals surface area contributed by atoms with Crippen molar-refractivity contribution in [3.05, 3.63) is 34.0 Å². The summed E-state index contributed by atoms with van der Waals surface area (Å²) in [6.45, 7) is 6.62. The van der Waals surface area contributed by atoms with Gasteiger partial charge in [0.2, 0.25) is 0 Å². The molecular formula is C21H27N3O4S. The predicted octanol–water partition coefficient (Wildman–Crippen LogP) is 3.84. The Hall–Kier alpha value is -2.19. The molecule has 0 spiro atoms. The lowest BCUT2D eigenvalue weighted by molar-refractivity contribution is 0.0600. The molecule has 2 aromatic heterocycles. The van der Waals surface area contributed by atoms with Gasteiger partial charge in [0.15, 0.2) is 5.69 Å². The molecule has 0 bridgehead atoms. The molecule has 1 saturated heterocycles. The highest BCUT2D eigenvalue weighted by Crippen LogP contribution is 2.43. The van der Waals surface area contributed by atoms with E-state index in [1.807, 2.05) is 6.20 Å². The van der Waals surface area contributed by atoms with Gasteiger partial charge in [0.05, 0.1) is 5.56 Å². The minimum atomic E-state index is -0.986. The number of rotatable bonds is 5. The smallest absolute Gasteiger partial charge is 0.339 e. The van der Waals surface area contributed by atoms with Gasteiger partial charge in [-0.05, 0) is 55.1 Å². The number of carboxylic acids is 1. The maximum absolute atomic E-state index is 12.7. The summed E-state index contributed by atoms with van der Waals surface area (Å²) in [5.74, 6) is -0.845. The number of aromatic carboxylic acids is 1. The second-order valence-electron chi connectivity index (χ2n) is 8.79. The summed E-state index contributed by atoms with van der Waals surface area (Å²) in [5, 5.41) is 17.4. The van der Waals surface area contributed by atoms with E-state index < -0.39 is 5.97 Å². The Bertz CT molecular complexity index is 925. The van der Waals surface area contributed by atoms with Gasteiger partial charge in [-0.25, -0.2) is 4.79 Å². The molecule has 1 aliphatic carbocycles. The Labute approximate surface area is 174 Å². The Balaban J connectivity index is 1.50. The van der Waals surface area contributed by atoms with Crippen LogP contribution in [0.1, 0.15) is 64.4 Å². The zero-order valence-corrected chi connectivity index (χ0v) is 17.7. The first-order valence-electron chi connectivity index (χ1n) is 10.1. The molecule has 0 radical (unpaired) electrons.